The second kappa shape index (κ2) is 6.10. The molecule has 0 saturated heterocycles. The largest absolute Gasteiger partial charge is 0.491 e. The summed E-state index contributed by atoms with van der Waals surface area (Å²) in [5, 5.41) is 10.7. The van der Waals surface area contributed by atoms with E-state index in [0.717, 1.165) is 28.0 Å². The molecule has 0 spiro atoms. The molecular formula is C18H22O2. The molecule has 1 unspecified atom stereocenters. The lowest BCUT2D eigenvalue weighted by Crippen LogP contribution is -2.07. The van der Waals surface area contributed by atoms with Gasteiger partial charge in [0.1, 0.15) is 11.9 Å². The molecule has 20 heavy (non-hydrogen) atoms. The fourth-order valence-electron chi connectivity index (χ4n) is 2.46. The first-order chi connectivity index (χ1) is 9.49. The summed E-state index contributed by atoms with van der Waals surface area (Å²) in [6.45, 7) is 8.04. The molecule has 2 aromatic rings. The van der Waals surface area contributed by atoms with E-state index in [1.807, 2.05) is 70.2 Å². The van der Waals surface area contributed by atoms with E-state index < -0.39 is 6.10 Å². The first kappa shape index (κ1) is 14.6. The molecule has 0 radical (unpaired) electrons. The Hall–Kier alpha value is -1.80. The normalized spacial score (nSPS) is 12.5. The van der Waals surface area contributed by atoms with Gasteiger partial charge in [-0.15, -0.1) is 0 Å². The van der Waals surface area contributed by atoms with Gasteiger partial charge in [0.25, 0.3) is 0 Å². The van der Waals surface area contributed by atoms with E-state index in [9.17, 15) is 5.11 Å². The van der Waals surface area contributed by atoms with Crippen molar-refractivity contribution in [1.29, 1.82) is 0 Å². The Morgan fingerprint density at radius 1 is 0.950 bits per heavy atom. The van der Waals surface area contributed by atoms with Crippen molar-refractivity contribution < 1.29 is 9.84 Å². The van der Waals surface area contributed by atoms with Crippen LogP contribution in [0.15, 0.2) is 42.5 Å². The molecule has 1 N–H and O–H groups in total. The second-order valence-corrected chi connectivity index (χ2v) is 5.45. The molecule has 0 fully saturated rings. The molecule has 106 valence electrons. The highest BCUT2D eigenvalue weighted by atomic mass is 16.5. The SMILES string of the molecule is Cc1cccc(C)c1C(O)c1cccc(OC(C)C)c1. The van der Waals surface area contributed by atoms with Gasteiger partial charge in [-0.2, -0.15) is 0 Å². The number of aryl methyl sites for hydroxylation is 2. The quantitative estimate of drug-likeness (QED) is 0.903. The second-order valence-electron chi connectivity index (χ2n) is 5.45. The smallest absolute Gasteiger partial charge is 0.120 e. The molecule has 0 aliphatic rings. The van der Waals surface area contributed by atoms with Gasteiger partial charge in [-0.05, 0) is 62.1 Å². The summed E-state index contributed by atoms with van der Waals surface area (Å²) >= 11 is 0. The molecular weight excluding hydrogens is 248 g/mol. The van der Waals surface area contributed by atoms with Crippen molar-refractivity contribution in [2.45, 2.75) is 39.9 Å². The molecule has 0 heterocycles. The zero-order chi connectivity index (χ0) is 14.7. The Balaban J connectivity index is 2.36. The molecule has 0 aromatic heterocycles. The van der Waals surface area contributed by atoms with Crippen LogP contribution in [0.3, 0.4) is 0 Å². The summed E-state index contributed by atoms with van der Waals surface area (Å²) in [6, 6.07) is 13.8. The summed E-state index contributed by atoms with van der Waals surface area (Å²) in [6.07, 6.45) is -0.491. The predicted octanol–water partition coefficient (Wildman–Crippen LogP) is 4.17. The molecule has 0 saturated carbocycles. The van der Waals surface area contributed by atoms with E-state index >= 15 is 0 Å². The lowest BCUT2D eigenvalue weighted by molar-refractivity contribution is 0.215. The molecule has 0 aliphatic carbocycles. The van der Waals surface area contributed by atoms with Crippen molar-refractivity contribution in [3.63, 3.8) is 0 Å². The number of hydrogen-bond donors (Lipinski definition) is 1. The highest BCUT2D eigenvalue weighted by molar-refractivity contribution is 5.42. The van der Waals surface area contributed by atoms with Crippen LogP contribution < -0.4 is 4.74 Å². The van der Waals surface area contributed by atoms with E-state index in [2.05, 4.69) is 0 Å². The van der Waals surface area contributed by atoms with Gasteiger partial charge >= 0.3 is 0 Å². The average molecular weight is 270 g/mol. The maximum absolute atomic E-state index is 10.7. The van der Waals surface area contributed by atoms with Crippen LogP contribution >= 0.6 is 0 Å². The average Bonchev–Trinajstić information content (AvgIpc) is 2.38. The first-order valence-corrected chi connectivity index (χ1v) is 7.00. The van der Waals surface area contributed by atoms with Gasteiger partial charge in [-0.3, -0.25) is 0 Å². The molecule has 2 heteroatoms. The lowest BCUT2D eigenvalue weighted by Gasteiger charge is -2.18. The molecule has 0 amide bonds. The van der Waals surface area contributed by atoms with Crippen molar-refractivity contribution >= 4 is 0 Å². The highest BCUT2D eigenvalue weighted by Crippen LogP contribution is 2.29. The number of aliphatic hydroxyl groups excluding tert-OH is 1. The van der Waals surface area contributed by atoms with Gasteiger partial charge in [0, 0.05) is 0 Å². The zero-order valence-electron chi connectivity index (χ0n) is 12.6. The highest BCUT2D eigenvalue weighted by Gasteiger charge is 2.15. The number of ether oxygens (including phenoxy) is 1. The van der Waals surface area contributed by atoms with Gasteiger partial charge in [0.15, 0.2) is 0 Å². The number of benzene rings is 2. The van der Waals surface area contributed by atoms with Gasteiger partial charge in [0.05, 0.1) is 6.10 Å². The van der Waals surface area contributed by atoms with Crippen LogP contribution in [0.2, 0.25) is 0 Å². The molecule has 2 nitrogen and oxygen atoms in total. The van der Waals surface area contributed by atoms with Gasteiger partial charge < -0.3 is 9.84 Å². The van der Waals surface area contributed by atoms with E-state index in [1.165, 1.54) is 0 Å². The maximum Gasteiger partial charge on any atom is 0.120 e. The van der Waals surface area contributed by atoms with Crippen molar-refractivity contribution in [2.24, 2.45) is 0 Å². The van der Waals surface area contributed by atoms with Crippen molar-refractivity contribution in [1.82, 2.24) is 0 Å². The fourth-order valence-corrected chi connectivity index (χ4v) is 2.46. The monoisotopic (exact) mass is 270 g/mol. The van der Waals surface area contributed by atoms with Gasteiger partial charge in [-0.1, -0.05) is 30.3 Å². The maximum atomic E-state index is 10.7. The van der Waals surface area contributed by atoms with Crippen molar-refractivity contribution in [3.05, 3.63) is 64.7 Å². The number of aliphatic hydroxyl groups is 1. The van der Waals surface area contributed by atoms with Crippen LogP contribution in [-0.2, 0) is 0 Å². The van der Waals surface area contributed by atoms with E-state index in [0.29, 0.717) is 0 Å². The standard InChI is InChI=1S/C18H22O2/c1-12(2)20-16-10-6-9-15(11-16)18(19)17-13(3)7-5-8-14(17)4/h5-12,18-19H,1-4H3. The Kier molecular flexibility index (Phi) is 4.46. The minimum Gasteiger partial charge on any atom is -0.491 e. The molecule has 2 rings (SSSR count). The molecule has 1 atom stereocenters. The van der Waals surface area contributed by atoms with Crippen LogP contribution in [-0.4, -0.2) is 11.2 Å². The van der Waals surface area contributed by atoms with Crippen LogP contribution in [0.25, 0.3) is 0 Å². The molecule has 0 aliphatic heterocycles. The Morgan fingerprint density at radius 2 is 1.55 bits per heavy atom. The van der Waals surface area contributed by atoms with E-state index in [-0.39, 0.29) is 6.10 Å². The van der Waals surface area contributed by atoms with Crippen LogP contribution in [0, 0.1) is 13.8 Å². The Morgan fingerprint density at radius 3 is 2.15 bits per heavy atom. The summed E-state index contributed by atoms with van der Waals surface area (Å²) in [7, 11) is 0. The van der Waals surface area contributed by atoms with Gasteiger partial charge in [-0.25, -0.2) is 0 Å². The lowest BCUT2D eigenvalue weighted by atomic mass is 9.93. The number of hydrogen-bond acceptors (Lipinski definition) is 2. The third-order valence-corrected chi connectivity index (χ3v) is 3.36. The van der Waals surface area contributed by atoms with Crippen LogP contribution in [0.4, 0.5) is 0 Å². The molecule has 0 bridgehead atoms. The summed E-state index contributed by atoms with van der Waals surface area (Å²) < 4.78 is 5.69. The minimum absolute atomic E-state index is 0.127. The fraction of sp³-hybridized carbons (Fsp3) is 0.333. The predicted molar refractivity (Wildman–Crippen MR) is 82.2 cm³/mol. The topological polar surface area (TPSA) is 29.5 Å². The Bertz CT molecular complexity index is 567. The van der Waals surface area contributed by atoms with Crippen molar-refractivity contribution in [2.75, 3.05) is 0 Å². The zero-order valence-corrected chi connectivity index (χ0v) is 12.6. The van der Waals surface area contributed by atoms with Gasteiger partial charge in [0.2, 0.25) is 0 Å². The van der Waals surface area contributed by atoms with E-state index in [4.69, 9.17) is 4.74 Å². The Labute approximate surface area is 121 Å². The third kappa shape index (κ3) is 3.20. The third-order valence-electron chi connectivity index (χ3n) is 3.36. The number of rotatable bonds is 4. The van der Waals surface area contributed by atoms with Crippen LogP contribution in [0.1, 0.15) is 42.2 Å². The summed E-state index contributed by atoms with van der Waals surface area (Å²) in [5.41, 5.74) is 4.05. The van der Waals surface area contributed by atoms with E-state index in [1.54, 1.807) is 0 Å². The summed E-state index contributed by atoms with van der Waals surface area (Å²) in [4.78, 5) is 0. The van der Waals surface area contributed by atoms with Crippen molar-refractivity contribution in [3.8, 4) is 5.75 Å². The van der Waals surface area contributed by atoms with Crippen LogP contribution in [0.5, 0.6) is 5.75 Å². The minimum atomic E-state index is -0.619. The summed E-state index contributed by atoms with van der Waals surface area (Å²) in [5.74, 6) is 0.794. The first-order valence-electron chi connectivity index (χ1n) is 7.00. The molecule has 2 aromatic carbocycles.